The van der Waals surface area contributed by atoms with E-state index in [-0.39, 0.29) is 11.3 Å². The predicted molar refractivity (Wildman–Crippen MR) is 74.3 cm³/mol. The van der Waals surface area contributed by atoms with Crippen molar-refractivity contribution in [1.29, 1.82) is 0 Å². The van der Waals surface area contributed by atoms with E-state index < -0.39 is 0 Å². The zero-order valence-electron chi connectivity index (χ0n) is 12.0. The maximum atomic E-state index is 12.4. The third-order valence-corrected chi connectivity index (χ3v) is 3.88. The molecule has 0 unspecified atom stereocenters. The first kappa shape index (κ1) is 14.0. The van der Waals surface area contributed by atoms with Gasteiger partial charge >= 0.3 is 0 Å². The number of carbonyl (C=O) groups excluding carboxylic acids is 1. The van der Waals surface area contributed by atoms with Crippen LogP contribution in [0.25, 0.3) is 0 Å². The van der Waals surface area contributed by atoms with Crippen LogP contribution in [0.4, 0.5) is 0 Å². The van der Waals surface area contributed by atoms with Crippen molar-refractivity contribution in [1.82, 2.24) is 9.88 Å². The van der Waals surface area contributed by atoms with Crippen molar-refractivity contribution in [2.75, 3.05) is 26.3 Å². The molecular weight excluding hydrogens is 240 g/mol. The summed E-state index contributed by atoms with van der Waals surface area (Å²) < 4.78 is 5.27. The Morgan fingerprint density at radius 1 is 1.42 bits per heavy atom. The lowest BCUT2D eigenvalue weighted by Crippen LogP contribution is -2.40. The standard InChI is InChI=1S/C15H22N2O2/c1-4-15(2,3)13-11-12(5-6-16-13)14(18)17-7-9-19-10-8-17/h5-6,11H,4,7-10H2,1-3H3. The summed E-state index contributed by atoms with van der Waals surface area (Å²) in [6.45, 7) is 9.05. The van der Waals surface area contributed by atoms with Gasteiger partial charge in [-0.05, 0) is 18.6 Å². The Kier molecular flexibility index (Phi) is 4.20. The summed E-state index contributed by atoms with van der Waals surface area (Å²) in [7, 11) is 0. The first-order chi connectivity index (χ1) is 9.04. The molecule has 0 spiro atoms. The molecule has 104 valence electrons. The Hall–Kier alpha value is -1.42. The first-order valence-electron chi connectivity index (χ1n) is 6.88. The highest BCUT2D eigenvalue weighted by Gasteiger charge is 2.23. The molecule has 0 aromatic carbocycles. The van der Waals surface area contributed by atoms with E-state index in [2.05, 4.69) is 25.8 Å². The Morgan fingerprint density at radius 2 is 2.11 bits per heavy atom. The second kappa shape index (κ2) is 5.70. The quantitative estimate of drug-likeness (QED) is 0.839. The summed E-state index contributed by atoms with van der Waals surface area (Å²) in [5.41, 5.74) is 1.71. The van der Waals surface area contributed by atoms with Crippen molar-refractivity contribution >= 4 is 5.91 Å². The van der Waals surface area contributed by atoms with Crippen LogP contribution >= 0.6 is 0 Å². The number of carbonyl (C=O) groups is 1. The lowest BCUT2D eigenvalue weighted by Gasteiger charge is -2.27. The van der Waals surface area contributed by atoms with E-state index in [0.717, 1.165) is 17.7 Å². The van der Waals surface area contributed by atoms with E-state index in [4.69, 9.17) is 4.74 Å². The van der Waals surface area contributed by atoms with Gasteiger partial charge in [-0.2, -0.15) is 0 Å². The lowest BCUT2D eigenvalue weighted by atomic mass is 9.85. The molecule has 2 rings (SSSR count). The number of amides is 1. The smallest absolute Gasteiger partial charge is 0.254 e. The van der Waals surface area contributed by atoms with Crippen LogP contribution in [-0.2, 0) is 10.2 Å². The number of hydrogen-bond donors (Lipinski definition) is 0. The molecule has 1 saturated heterocycles. The van der Waals surface area contributed by atoms with Crippen LogP contribution in [0.3, 0.4) is 0 Å². The second-order valence-electron chi connectivity index (χ2n) is 5.57. The van der Waals surface area contributed by atoms with Crippen molar-refractivity contribution in [2.24, 2.45) is 0 Å². The summed E-state index contributed by atoms with van der Waals surface area (Å²) in [5.74, 6) is 0.0823. The normalized spacial score (nSPS) is 16.5. The molecule has 2 heterocycles. The van der Waals surface area contributed by atoms with Gasteiger partial charge in [0.25, 0.3) is 5.91 Å². The molecule has 1 aliphatic rings. The van der Waals surface area contributed by atoms with E-state index >= 15 is 0 Å². The van der Waals surface area contributed by atoms with Crippen LogP contribution in [0.2, 0.25) is 0 Å². The number of ether oxygens (including phenoxy) is 1. The molecule has 0 radical (unpaired) electrons. The molecule has 4 nitrogen and oxygen atoms in total. The molecule has 19 heavy (non-hydrogen) atoms. The molecule has 0 aliphatic carbocycles. The highest BCUT2D eigenvalue weighted by atomic mass is 16.5. The van der Waals surface area contributed by atoms with E-state index in [1.807, 2.05) is 11.0 Å². The minimum atomic E-state index is 0.00129. The molecule has 1 aromatic rings. The molecule has 0 N–H and O–H groups in total. The Morgan fingerprint density at radius 3 is 2.74 bits per heavy atom. The molecule has 1 aliphatic heterocycles. The van der Waals surface area contributed by atoms with Gasteiger partial charge in [0.05, 0.1) is 13.2 Å². The van der Waals surface area contributed by atoms with Crippen molar-refractivity contribution < 1.29 is 9.53 Å². The van der Waals surface area contributed by atoms with Crippen LogP contribution < -0.4 is 0 Å². The van der Waals surface area contributed by atoms with Gasteiger partial charge in [-0.3, -0.25) is 9.78 Å². The molecule has 1 aromatic heterocycles. The molecular formula is C15H22N2O2. The average molecular weight is 262 g/mol. The van der Waals surface area contributed by atoms with Crippen LogP contribution in [0.5, 0.6) is 0 Å². The van der Waals surface area contributed by atoms with Crippen LogP contribution in [-0.4, -0.2) is 42.1 Å². The number of morpholine rings is 1. The van der Waals surface area contributed by atoms with Crippen LogP contribution in [0, 0.1) is 0 Å². The molecule has 4 heteroatoms. The van der Waals surface area contributed by atoms with Crippen molar-refractivity contribution in [3.63, 3.8) is 0 Å². The number of aromatic nitrogens is 1. The van der Waals surface area contributed by atoms with Gasteiger partial charge in [0.15, 0.2) is 0 Å². The van der Waals surface area contributed by atoms with Gasteiger partial charge < -0.3 is 9.64 Å². The fraction of sp³-hybridized carbons (Fsp3) is 0.600. The van der Waals surface area contributed by atoms with Gasteiger partial charge in [0.2, 0.25) is 0 Å². The first-order valence-corrected chi connectivity index (χ1v) is 6.88. The average Bonchev–Trinajstić information content (AvgIpc) is 2.47. The largest absolute Gasteiger partial charge is 0.378 e. The summed E-state index contributed by atoms with van der Waals surface area (Å²) in [6.07, 6.45) is 2.73. The second-order valence-corrected chi connectivity index (χ2v) is 5.57. The number of nitrogens with zero attached hydrogens (tertiary/aromatic N) is 2. The zero-order chi connectivity index (χ0) is 13.9. The lowest BCUT2D eigenvalue weighted by molar-refractivity contribution is 0.0302. The molecule has 0 saturated carbocycles. The minimum absolute atomic E-state index is 0.00129. The van der Waals surface area contributed by atoms with Gasteiger partial charge in [0, 0.05) is 36.0 Å². The summed E-state index contributed by atoms with van der Waals surface area (Å²) in [5, 5.41) is 0. The van der Waals surface area contributed by atoms with Gasteiger partial charge in [-0.15, -0.1) is 0 Å². The van der Waals surface area contributed by atoms with Crippen LogP contribution in [0.1, 0.15) is 43.2 Å². The fourth-order valence-corrected chi connectivity index (χ4v) is 2.06. The number of hydrogen-bond acceptors (Lipinski definition) is 3. The Labute approximate surface area is 114 Å². The summed E-state index contributed by atoms with van der Waals surface area (Å²) in [6, 6.07) is 3.73. The Bertz CT molecular complexity index is 451. The summed E-state index contributed by atoms with van der Waals surface area (Å²) in [4.78, 5) is 18.7. The van der Waals surface area contributed by atoms with Gasteiger partial charge in [-0.25, -0.2) is 0 Å². The molecule has 1 fully saturated rings. The Balaban J connectivity index is 2.20. The van der Waals surface area contributed by atoms with E-state index in [0.29, 0.717) is 26.3 Å². The third kappa shape index (κ3) is 3.13. The topological polar surface area (TPSA) is 42.4 Å². The van der Waals surface area contributed by atoms with E-state index in [9.17, 15) is 4.79 Å². The van der Waals surface area contributed by atoms with Crippen molar-refractivity contribution in [3.8, 4) is 0 Å². The van der Waals surface area contributed by atoms with Crippen LogP contribution in [0.15, 0.2) is 18.3 Å². The van der Waals surface area contributed by atoms with Gasteiger partial charge in [0.1, 0.15) is 0 Å². The van der Waals surface area contributed by atoms with E-state index in [1.165, 1.54) is 0 Å². The highest BCUT2D eigenvalue weighted by molar-refractivity contribution is 5.94. The molecule has 0 atom stereocenters. The van der Waals surface area contributed by atoms with Crippen molar-refractivity contribution in [3.05, 3.63) is 29.6 Å². The number of rotatable bonds is 3. The monoisotopic (exact) mass is 262 g/mol. The predicted octanol–water partition coefficient (Wildman–Crippen LogP) is 2.24. The summed E-state index contributed by atoms with van der Waals surface area (Å²) >= 11 is 0. The number of pyridine rings is 1. The van der Waals surface area contributed by atoms with E-state index in [1.54, 1.807) is 12.3 Å². The van der Waals surface area contributed by atoms with Gasteiger partial charge in [-0.1, -0.05) is 20.8 Å². The molecule has 0 bridgehead atoms. The van der Waals surface area contributed by atoms with Crippen molar-refractivity contribution in [2.45, 2.75) is 32.6 Å². The SMILES string of the molecule is CCC(C)(C)c1cc(C(=O)N2CCOCC2)ccn1. The third-order valence-electron chi connectivity index (χ3n) is 3.88. The zero-order valence-corrected chi connectivity index (χ0v) is 12.0. The minimum Gasteiger partial charge on any atom is -0.378 e. The highest BCUT2D eigenvalue weighted by Crippen LogP contribution is 2.25. The molecule has 1 amide bonds. The maximum absolute atomic E-state index is 12.4. The maximum Gasteiger partial charge on any atom is 0.254 e. The fourth-order valence-electron chi connectivity index (χ4n) is 2.06.